The van der Waals surface area contributed by atoms with Crippen LogP contribution in [-0.2, 0) is 0 Å². The fourth-order valence-corrected chi connectivity index (χ4v) is 2.70. The molecule has 1 aliphatic carbocycles. The maximum Gasteiger partial charge on any atom is 0.134 e. The second-order valence-corrected chi connectivity index (χ2v) is 5.48. The molecule has 3 N–H and O–H groups in total. The normalized spacial score (nSPS) is 16.2. The lowest BCUT2D eigenvalue weighted by Gasteiger charge is -2.24. The average Bonchev–Trinajstić information content (AvgIpc) is 2.88. The number of aryl methyl sites for hydroxylation is 1. The van der Waals surface area contributed by atoms with Gasteiger partial charge in [-0.25, -0.2) is 9.97 Å². The first-order chi connectivity index (χ1) is 9.08. The standard InChI is InChI=1S/C14H25N5/c1-10-13(15)17-11(2)18-14(10)16-8-9-19(3)12-6-4-5-7-12/h12H,4-9H2,1-3H3,(H3,15,16,17,18). The predicted molar refractivity (Wildman–Crippen MR) is 79.3 cm³/mol. The first kappa shape index (κ1) is 14.1. The number of nitrogen functional groups attached to an aromatic ring is 1. The number of aromatic nitrogens is 2. The summed E-state index contributed by atoms with van der Waals surface area (Å²) < 4.78 is 0. The van der Waals surface area contributed by atoms with Crippen LogP contribution in [0.2, 0.25) is 0 Å². The summed E-state index contributed by atoms with van der Waals surface area (Å²) in [5.41, 5.74) is 6.79. The van der Waals surface area contributed by atoms with E-state index in [1.807, 2.05) is 13.8 Å². The Kier molecular flexibility index (Phi) is 4.58. The van der Waals surface area contributed by atoms with Crippen LogP contribution in [0, 0.1) is 13.8 Å². The molecule has 1 saturated carbocycles. The lowest BCUT2D eigenvalue weighted by molar-refractivity contribution is 0.254. The van der Waals surface area contributed by atoms with Gasteiger partial charge in [-0.3, -0.25) is 0 Å². The summed E-state index contributed by atoms with van der Waals surface area (Å²) in [6.45, 7) is 5.75. The Bertz CT molecular complexity index is 426. The van der Waals surface area contributed by atoms with Crippen LogP contribution >= 0.6 is 0 Å². The molecule has 0 aliphatic heterocycles. The lowest BCUT2D eigenvalue weighted by Crippen LogP contribution is -2.33. The van der Waals surface area contributed by atoms with E-state index < -0.39 is 0 Å². The topological polar surface area (TPSA) is 67.1 Å². The molecule has 0 atom stereocenters. The van der Waals surface area contributed by atoms with Gasteiger partial charge in [-0.15, -0.1) is 0 Å². The van der Waals surface area contributed by atoms with E-state index in [1.165, 1.54) is 25.7 Å². The molecule has 1 fully saturated rings. The molecule has 1 aliphatic rings. The predicted octanol–water partition coefficient (Wildman–Crippen LogP) is 1.96. The van der Waals surface area contributed by atoms with Crippen LogP contribution in [-0.4, -0.2) is 41.0 Å². The summed E-state index contributed by atoms with van der Waals surface area (Å²) in [5, 5.41) is 3.38. The van der Waals surface area contributed by atoms with Crippen molar-refractivity contribution in [2.24, 2.45) is 0 Å². The Labute approximate surface area is 115 Å². The lowest BCUT2D eigenvalue weighted by atomic mass is 10.2. The minimum Gasteiger partial charge on any atom is -0.383 e. The smallest absolute Gasteiger partial charge is 0.134 e. The number of nitrogens with two attached hydrogens (primary N) is 1. The van der Waals surface area contributed by atoms with Crippen LogP contribution in [0.4, 0.5) is 11.6 Å². The Balaban J connectivity index is 1.85. The highest BCUT2D eigenvalue weighted by Crippen LogP contribution is 2.22. The molecule has 0 aromatic carbocycles. The summed E-state index contributed by atoms with van der Waals surface area (Å²) in [6.07, 6.45) is 5.44. The maximum absolute atomic E-state index is 5.85. The minimum absolute atomic E-state index is 0.569. The molecular formula is C14H25N5. The van der Waals surface area contributed by atoms with Crippen LogP contribution in [0.25, 0.3) is 0 Å². The van der Waals surface area contributed by atoms with Crippen LogP contribution in [0.3, 0.4) is 0 Å². The summed E-state index contributed by atoms with van der Waals surface area (Å²) in [7, 11) is 2.21. The fraction of sp³-hybridized carbons (Fsp3) is 0.714. The summed E-state index contributed by atoms with van der Waals surface area (Å²) in [6, 6.07) is 0.764. The van der Waals surface area contributed by atoms with Crippen molar-refractivity contribution in [2.75, 3.05) is 31.2 Å². The highest BCUT2D eigenvalue weighted by molar-refractivity contribution is 5.54. The average molecular weight is 263 g/mol. The first-order valence-corrected chi connectivity index (χ1v) is 7.12. The molecule has 0 saturated heterocycles. The highest BCUT2D eigenvalue weighted by atomic mass is 15.2. The van der Waals surface area contributed by atoms with Crippen LogP contribution in [0.5, 0.6) is 0 Å². The fourth-order valence-electron chi connectivity index (χ4n) is 2.70. The van der Waals surface area contributed by atoms with Gasteiger partial charge in [-0.2, -0.15) is 0 Å². The number of nitrogens with zero attached hydrogens (tertiary/aromatic N) is 3. The molecule has 1 aromatic heterocycles. The highest BCUT2D eigenvalue weighted by Gasteiger charge is 2.18. The number of nitrogens with one attached hydrogen (secondary N) is 1. The number of hydrogen-bond donors (Lipinski definition) is 2. The van der Waals surface area contributed by atoms with E-state index in [2.05, 4.69) is 27.2 Å². The van der Waals surface area contributed by atoms with E-state index in [1.54, 1.807) is 0 Å². The van der Waals surface area contributed by atoms with Crippen LogP contribution in [0.15, 0.2) is 0 Å². The quantitative estimate of drug-likeness (QED) is 0.850. The zero-order valence-corrected chi connectivity index (χ0v) is 12.2. The van der Waals surface area contributed by atoms with Gasteiger partial charge in [0, 0.05) is 24.7 Å². The second kappa shape index (κ2) is 6.19. The third-order valence-corrected chi connectivity index (χ3v) is 4.00. The zero-order chi connectivity index (χ0) is 13.8. The van der Waals surface area contributed by atoms with Gasteiger partial charge >= 0.3 is 0 Å². The van der Waals surface area contributed by atoms with Crippen LogP contribution < -0.4 is 11.1 Å². The van der Waals surface area contributed by atoms with E-state index in [9.17, 15) is 0 Å². The number of hydrogen-bond acceptors (Lipinski definition) is 5. The Morgan fingerprint density at radius 1 is 1.26 bits per heavy atom. The van der Waals surface area contributed by atoms with Gasteiger partial charge in [0.1, 0.15) is 17.5 Å². The summed E-state index contributed by atoms with van der Waals surface area (Å²) in [5.74, 6) is 2.15. The van der Waals surface area contributed by atoms with Gasteiger partial charge in [0.05, 0.1) is 0 Å². The second-order valence-electron chi connectivity index (χ2n) is 5.48. The third-order valence-electron chi connectivity index (χ3n) is 4.00. The van der Waals surface area contributed by atoms with Crippen molar-refractivity contribution in [3.8, 4) is 0 Å². The third kappa shape index (κ3) is 3.56. The molecule has 0 amide bonds. The molecule has 19 heavy (non-hydrogen) atoms. The molecule has 2 rings (SSSR count). The van der Waals surface area contributed by atoms with Crippen molar-refractivity contribution in [1.82, 2.24) is 14.9 Å². The monoisotopic (exact) mass is 263 g/mol. The molecule has 1 heterocycles. The van der Waals surface area contributed by atoms with E-state index >= 15 is 0 Å². The van der Waals surface area contributed by atoms with Gasteiger partial charge < -0.3 is 16.0 Å². The van der Waals surface area contributed by atoms with E-state index in [4.69, 9.17) is 5.73 Å². The van der Waals surface area contributed by atoms with Crippen molar-refractivity contribution >= 4 is 11.6 Å². The van der Waals surface area contributed by atoms with Gasteiger partial charge in [0.15, 0.2) is 0 Å². The van der Waals surface area contributed by atoms with E-state index in [0.29, 0.717) is 5.82 Å². The Morgan fingerprint density at radius 3 is 2.63 bits per heavy atom. The van der Waals surface area contributed by atoms with Crippen molar-refractivity contribution in [3.05, 3.63) is 11.4 Å². The Morgan fingerprint density at radius 2 is 1.95 bits per heavy atom. The molecule has 5 heteroatoms. The summed E-state index contributed by atoms with van der Waals surface area (Å²) >= 11 is 0. The van der Waals surface area contributed by atoms with Crippen molar-refractivity contribution in [1.29, 1.82) is 0 Å². The molecule has 0 bridgehead atoms. The van der Waals surface area contributed by atoms with Gasteiger partial charge in [-0.1, -0.05) is 12.8 Å². The SMILES string of the molecule is Cc1nc(N)c(C)c(NCCN(C)C2CCCC2)n1. The zero-order valence-electron chi connectivity index (χ0n) is 12.2. The molecule has 0 unspecified atom stereocenters. The summed E-state index contributed by atoms with van der Waals surface area (Å²) in [4.78, 5) is 11.0. The molecule has 1 aromatic rings. The largest absolute Gasteiger partial charge is 0.383 e. The van der Waals surface area contributed by atoms with Crippen LogP contribution in [0.1, 0.15) is 37.1 Å². The minimum atomic E-state index is 0.569. The van der Waals surface area contributed by atoms with E-state index in [-0.39, 0.29) is 0 Å². The number of rotatable bonds is 5. The maximum atomic E-state index is 5.85. The molecule has 0 radical (unpaired) electrons. The van der Waals surface area contributed by atoms with Crippen molar-refractivity contribution in [2.45, 2.75) is 45.6 Å². The molecule has 5 nitrogen and oxygen atoms in total. The first-order valence-electron chi connectivity index (χ1n) is 7.12. The van der Waals surface area contributed by atoms with E-state index in [0.717, 1.165) is 36.3 Å². The Hall–Kier alpha value is -1.36. The van der Waals surface area contributed by atoms with Crippen molar-refractivity contribution in [3.63, 3.8) is 0 Å². The molecule has 0 spiro atoms. The molecule has 106 valence electrons. The number of likely N-dealkylation sites (N-methyl/N-ethyl adjacent to an activating group) is 1. The van der Waals surface area contributed by atoms with Gasteiger partial charge in [0.25, 0.3) is 0 Å². The van der Waals surface area contributed by atoms with Gasteiger partial charge in [-0.05, 0) is 33.7 Å². The van der Waals surface area contributed by atoms with Crippen molar-refractivity contribution < 1.29 is 0 Å². The van der Waals surface area contributed by atoms with Gasteiger partial charge in [0.2, 0.25) is 0 Å². The number of anilines is 2. The molecular weight excluding hydrogens is 238 g/mol.